The summed E-state index contributed by atoms with van der Waals surface area (Å²) < 4.78 is 12.3. The molecule has 0 aromatic rings. The number of halogens is 1. The molecule has 4 nitrogen and oxygen atoms in total. The first-order chi connectivity index (χ1) is 7.22. The number of rotatable bonds is 0. The van der Waals surface area contributed by atoms with E-state index >= 15 is 0 Å². The van der Waals surface area contributed by atoms with Crippen molar-refractivity contribution in [2.75, 3.05) is 13.2 Å². The van der Waals surface area contributed by atoms with Gasteiger partial charge in [-0.2, -0.15) is 0 Å². The SMILES string of the molecule is BrC1=CC2(CCC3(CC2)OCCO3)ON1. The Labute approximate surface area is 97.0 Å². The summed E-state index contributed by atoms with van der Waals surface area (Å²) in [4.78, 5) is 5.60. The predicted octanol–water partition coefficient (Wildman–Crippen LogP) is 1.81. The molecule has 0 unspecified atom stereocenters. The maximum absolute atomic E-state index is 5.68. The van der Waals surface area contributed by atoms with E-state index in [1.165, 1.54) is 0 Å². The molecule has 0 atom stereocenters. The molecular formula is C10H14BrNO3. The molecule has 3 rings (SSSR count). The highest BCUT2D eigenvalue weighted by Gasteiger charge is 2.48. The molecule has 2 fully saturated rings. The van der Waals surface area contributed by atoms with E-state index in [0.29, 0.717) is 0 Å². The fraction of sp³-hybridized carbons (Fsp3) is 0.800. The second-order valence-corrected chi connectivity index (χ2v) is 5.22. The van der Waals surface area contributed by atoms with Gasteiger partial charge in [-0.05, 0) is 34.8 Å². The standard InChI is InChI=1S/C10H14BrNO3/c11-8-7-9(15-12-8)1-3-10(4-2-9)13-5-6-14-10/h7,12H,1-6H2. The average molecular weight is 276 g/mol. The van der Waals surface area contributed by atoms with E-state index in [1.807, 2.05) is 0 Å². The van der Waals surface area contributed by atoms with Gasteiger partial charge in [0.15, 0.2) is 5.79 Å². The Kier molecular flexibility index (Phi) is 2.32. The summed E-state index contributed by atoms with van der Waals surface area (Å²) in [5, 5.41) is 0. The van der Waals surface area contributed by atoms with Gasteiger partial charge in [-0.1, -0.05) is 0 Å². The van der Waals surface area contributed by atoms with Crippen LogP contribution in [0.25, 0.3) is 0 Å². The van der Waals surface area contributed by atoms with Crippen LogP contribution < -0.4 is 5.48 Å². The minimum absolute atomic E-state index is 0.153. The molecule has 2 spiro atoms. The van der Waals surface area contributed by atoms with Crippen molar-refractivity contribution >= 4 is 15.9 Å². The maximum atomic E-state index is 5.68. The second-order valence-electron chi connectivity index (χ2n) is 4.37. The topological polar surface area (TPSA) is 39.7 Å². The third kappa shape index (κ3) is 1.71. The lowest BCUT2D eigenvalue weighted by molar-refractivity contribution is -0.205. The van der Waals surface area contributed by atoms with Gasteiger partial charge in [0.05, 0.1) is 13.2 Å². The van der Waals surface area contributed by atoms with Crippen LogP contribution in [0.3, 0.4) is 0 Å². The van der Waals surface area contributed by atoms with Crippen molar-refractivity contribution in [3.8, 4) is 0 Å². The van der Waals surface area contributed by atoms with Crippen molar-refractivity contribution in [3.63, 3.8) is 0 Å². The summed E-state index contributed by atoms with van der Waals surface area (Å²) >= 11 is 3.39. The highest BCUT2D eigenvalue weighted by Crippen LogP contribution is 2.44. The summed E-state index contributed by atoms with van der Waals surface area (Å²) in [6, 6.07) is 0. The van der Waals surface area contributed by atoms with Gasteiger partial charge in [-0.3, -0.25) is 10.3 Å². The Morgan fingerprint density at radius 1 is 1.13 bits per heavy atom. The van der Waals surface area contributed by atoms with Crippen molar-refractivity contribution in [2.24, 2.45) is 0 Å². The van der Waals surface area contributed by atoms with Gasteiger partial charge in [0, 0.05) is 12.8 Å². The summed E-state index contributed by atoms with van der Waals surface area (Å²) in [7, 11) is 0. The largest absolute Gasteiger partial charge is 0.348 e. The zero-order valence-corrected chi connectivity index (χ0v) is 10.0. The van der Waals surface area contributed by atoms with Gasteiger partial charge in [0.2, 0.25) is 0 Å². The number of hydrogen-bond acceptors (Lipinski definition) is 4. The van der Waals surface area contributed by atoms with Crippen LogP contribution in [0.15, 0.2) is 10.7 Å². The highest BCUT2D eigenvalue weighted by atomic mass is 79.9. The van der Waals surface area contributed by atoms with Crippen LogP contribution in [0.2, 0.25) is 0 Å². The van der Waals surface area contributed by atoms with Gasteiger partial charge in [0.25, 0.3) is 0 Å². The summed E-state index contributed by atoms with van der Waals surface area (Å²) in [6.45, 7) is 1.46. The first-order valence-corrected chi connectivity index (χ1v) is 6.12. The van der Waals surface area contributed by atoms with Crippen LogP contribution in [0.4, 0.5) is 0 Å². The molecule has 2 heterocycles. The van der Waals surface area contributed by atoms with Crippen molar-refractivity contribution in [1.82, 2.24) is 5.48 Å². The molecule has 15 heavy (non-hydrogen) atoms. The molecular weight excluding hydrogens is 262 g/mol. The number of hydroxylamine groups is 1. The molecule has 1 aliphatic carbocycles. The third-order valence-corrected chi connectivity index (χ3v) is 3.80. The third-order valence-electron chi connectivity index (χ3n) is 3.41. The normalized spacial score (nSPS) is 31.9. The highest BCUT2D eigenvalue weighted by molar-refractivity contribution is 9.11. The van der Waals surface area contributed by atoms with Crippen molar-refractivity contribution < 1.29 is 14.3 Å². The zero-order chi connectivity index (χ0) is 10.4. The first kappa shape index (κ1) is 10.1. The lowest BCUT2D eigenvalue weighted by Gasteiger charge is -2.39. The van der Waals surface area contributed by atoms with Gasteiger partial charge >= 0.3 is 0 Å². The quantitative estimate of drug-likeness (QED) is 0.685. The molecule has 2 aliphatic heterocycles. The van der Waals surface area contributed by atoms with Gasteiger partial charge < -0.3 is 9.47 Å². The van der Waals surface area contributed by atoms with Crippen LogP contribution >= 0.6 is 15.9 Å². The molecule has 0 amide bonds. The molecule has 1 N–H and O–H groups in total. The lowest BCUT2D eigenvalue weighted by Crippen LogP contribution is -2.43. The van der Waals surface area contributed by atoms with Crippen molar-refractivity contribution in [3.05, 3.63) is 10.7 Å². The Morgan fingerprint density at radius 3 is 2.33 bits per heavy atom. The van der Waals surface area contributed by atoms with Crippen molar-refractivity contribution in [1.29, 1.82) is 0 Å². The second kappa shape index (κ2) is 3.45. The van der Waals surface area contributed by atoms with E-state index in [1.54, 1.807) is 0 Å². The fourth-order valence-corrected chi connectivity index (χ4v) is 3.02. The Balaban J connectivity index is 1.70. The molecule has 1 saturated carbocycles. The molecule has 5 heteroatoms. The lowest BCUT2D eigenvalue weighted by atomic mass is 9.81. The van der Waals surface area contributed by atoms with Crippen LogP contribution in [-0.4, -0.2) is 24.6 Å². The van der Waals surface area contributed by atoms with E-state index in [-0.39, 0.29) is 11.4 Å². The average Bonchev–Trinajstić information content (AvgIpc) is 2.81. The molecule has 0 radical (unpaired) electrons. The molecule has 1 saturated heterocycles. The van der Waals surface area contributed by atoms with Crippen LogP contribution in [-0.2, 0) is 14.3 Å². The summed E-state index contributed by atoms with van der Waals surface area (Å²) in [6.07, 6.45) is 5.80. The fourth-order valence-electron chi connectivity index (χ4n) is 2.53. The van der Waals surface area contributed by atoms with Gasteiger partial charge in [0.1, 0.15) is 10.2 Å². The maximum Gasteiger partial charge on any atom is 0.168 e. The Morgan fingerprint density at radius 2 is 1.80 bits per heavy atom. The minimum Gasteiger partial charge on any atom is -0.348 e. The van der Waals surface area contributed by atoms with Crippen LogP contribution in [0, 0.1) is 0 Å². The number of hydrogen-bond donors (Lipinski definition) is 1. The summed E-state index contributed by atoms with van der Waals surface area (Å²) in [5.74, 6) is -0.308. The van der Waals surface area contributed by atoms with Crippen molar-refractivity contribution in [2.45, 2.75) is 37.1 Å². The molecule has 3 aliphatic rings. The zero-order valence-electron chi connectivity index (χ0n) is 8.42. The van der Waals surface area contributed by atoms with Gasteiger partial charge in [-0.15, -0.1) is 0 Å². The van der Waals surface area contributed by atoms with Crippen LogP contribution in [0.5, 0.6) is 0 Å². The number of ether oxygens (including phenoxy) is 2. The van der Waals surface area contributed by atoms with Gasteiger partial charge in [-0.25, -0.2) is 0 Å². The minimum atomic E-state index is -0.308. The Bertz CT molecular complexity index is 289. The van der Waals surface area contributed by atoms with E-state index in [0.717, 1.165) is 43.5 Å². The molecule has 84 valence electrons. The monoisotopic (exact) mass is 275 g/mol. The van der Waals surface area contributed by atoms with E-state index < -0.39 is 0 Å². The number of nitrogens with one attached hydrogen (secondary N) is 1. The predicted molar refractivity (Wildman–Crippen MR) is 57.1 cm³/mol. The van der Waals surface area contributed by atoms with E-state index in [2.05, 4.69) is 27.5 Å². The smallest absolute Gasteiger partial charge is 0.168 e. The summed E-state index contributed by atoms with van der Waals surface area (Å²) in [5.41, 5.74) is 2.70. The molecule has 0 aromatic carbocycles. The van der Waals surface area contributed by atoms with E-state index in [9.17, 15) is 0 Å². The molecule has 0 bridgehead atoms. The Hall–Kier alpha value is -0.100. The van der Waals surface area contributed by atoms with Crippen LogP contribution in [0.1, 0.15) is 25.7 Å². The first-order valence-electron chi connectivity index (χ1n) is 5.32. The molecule has 0 aromatic heterocycles. The van der Waals surface area contributed by atoms with E-state index in [4.69, 9.17) is 14.3 Å².